The number of rotatable bonds is 6. The molecule has 2 rings (SSSR count). The third-order valence-corrected chi connectivity index (χ3v) is 6.40. The molecule has 1 heterocycles. The van der Waals surface area contributed by atoms with Crippen molar-refractivity contribution in [1.29, 1.82) is 0 Å². The van der Waals surface area contributed by atoms with Crippen LogP contribution in [-0.2, 0) is 21.2 Å². The lowest BCUT2D eigenvalue weighted by molar-refractivity contribution is -0.131. The lowest BCUT2D eigenvalue weighted by atomic mass is 10.1. The smallest absolute Gasteiger partial charge is 0.243 e. The molecule has 0 unspecified atom stereocenters. The number of hydrogen-bond acceptors (Lipinski definition) is 3. The highest BCUT2D eigenvalue weighted by molar-refractivity contribution is 7.89. The molecule has 25 heavy (non-hydrogen) atoms. The normalized spacial score (nSPS) is 16.9. The van der Waals surface area contributed by atoms with E-state index in [2.05, 4.69) is 6.92 Å². The van der Waals surface area contributed by atoms with Gasteiger partial charge in [0.05, 0.1) is 4.90 Å². The van der Waals surface area contributed by atoms with Gasteiger partial charge >= 0.3 is 0 Å². The van der Waals surface area contributed by atoms with Gasteiger partial charge in [-0.3, -0.25) is 4.79 Å². The molecule has 0 saturated carbocycles. The molecule has 0 aliphatic carbocycles. The van der Waals surface area contributed by atoms with Crippen molar-refractivity contribution in [3.05, 3.63) is 29.8 Å². The van der Waals surface area contributed by atoms with E-state index >= 15 is 0 Å². The molecule has 1 fully saturated rings. The minimum Gasteiger partial charge on any atom is -0.341 e. The van der Waals surface area contributed by atoms with Gasteiger partial charge in [0.15, 0.2) is 0 Å². The third-order valence-electron chi connectivity index (χ3n) is 4.49. The van der Waals surface area contributed by atoms with E-state index in [0.29, 0.717) is 49.8 Å². The standard InChI is InChI=1S/C19H30N2O3S/c1-4-6-17-7-9-18(10-8-17)25(23,24)21-12-5-11-20(13-14-21)19(22)15-16(2)3/h7-10,16H,4-6,11-15H2,1-3H3. The average Bonchev–Trinajstić information content (AvgIpc) is 2.81. The second-order valence-corrected chi connectivity index (χ2v) is 9.07. The molecule has 5 nitrogen and oxygen atoms in total. The maximum Gasteiger partial charge on any atom is 0.243 e. The molecule has 140 valence electrons. The fourth-order valence-electron chi connectivity index (χ4n) is 3.13. The summed E-state index contributed by atoms with van der Waals surface area (Å²) < 4.78 is 27.3. The molecule has 1 amide bonds. The molecule has 0 radical (unpaired) electrons. The number of benzene rings is 1. The predicted octanol–water partition coefficient (Wildman–Crippen LogP) is 2.91. The summed E-state index contributed by atoms with van der Waals surface area (Å²) in [6, 6.07) is 7.19. The van der Waals surface area contributed by atoms with Crippen LogP contribution in [0.15, 0.2) is 29.2 Å². The number of nitrogens with zero attached hydrogens (tertiary/aromatic N) is 2. The van der Waals surface area contributed by atoms with Gasteiger partial charge in [0.25, 0.3) is 0 Å². The summed E-state index contributed by atoms with van der Waals surface area (Å²) in [5.74, 6) is 0.440. The molecule has 6 heteroatoms. The fourth-order valence-corrected chi connectivity index (χ4v) is 4.60. The first-order valence-corrected chi connectivity index (χ1v) is 10.7. The van der Waals surface area contributed by atoms with Gasteiger partial charge in [0.1, 0.15) is 0 Å². The maximum absolute atomic E-state index is 12.9. The zero-order chi connectivity index (χ0) is 18.4. The zero-order valence-corrected chi connectivity index (χ0v) is 16.4. The highest BCUT2D eigenvalue weighted by atomic mass is 32.2. The Morgan fingerprint density at radius 2 is 1.76 bits per heavy atom. The van der Waals surface area contributed by atoms with E-state index in [-0.39, 0.29) is 5.91 Å². The number of carbonyl (C=O) groups excluding carboxylic acids is 1. The molecule has 1 aliphatic heterocycles. The van der Waals surface area contributed by atoms with Crippen LogP contribution in [0.2, 0.25) is 0 Å². The molecule has 1 aromatic carbocycles. The second-order valence-electron chi connectivity index (χ2n) is 7.13. The van der Waals surface area contributed by atoms with Gasteiger partial charge in [-0.2, -0.15) is 4.31 Å². The largest absolute Gasteiger partial charge is 0.341 e. The van der Waals surface area contributed by atoms with Crippen molar-refractivity contribution in [2.75, 3.05) is 26.2 Å². The highest BCUT2D eigenvalue weighted by Crippen LogP contribution is 2.19. The van der Waals surface area contributed by atoms with E-state index in [1.54, 1.807) is 17.0 Å². The third kappa shape index (κ3) is 5.28. The Labute approximate surface area is 152 Å². The van der Waals surface area contributed by atoms with Crippen LogP contribution >= 0.6 is 0 Å². The number of aryl methyl sites for hydroxylation is 1. The Kier molecular flexibility index (Phi) is 7.02. The first kappa shape index (κ1) is 19.9. The first-order valence-electron chi connectivity index (χ1n) is 9.21. The average molecular weight is 367 g/mol. The quantitative estimate of drug-likeness (QED) is 0.778. The van der Waals surface area contributed by atoms with Crippen molar-refractivity contribution < 1.29 is 13.2 Å². The lowest BCUT2D eigenvalue weighted by Gasteiger charge is -2.22. The Bertz CT molecular complexity index is 668. The predicted molar refractivity (Wildman–Crippen MR) is 99.8 cm³/mol. The monoisotopic (exact) mass is 366 g/mol. The molecule has 0 spiro atoms. The molecule has 1 saturated heterocycles. The van der Waals surface area contributed by atoms with E-state index in [4.69, 9.17) is 0 Å². The highest BCUT2D eigenvalue weighted by Gasteiger charge is 2.28. The van der Waals surface area contributed by atoms with Crippen molar-refractivity contribution >= 4 is 15.9 Å². The number of hydrogen-bond donors (Lipinski definition) is 0. The van der Waals surface area contributed by atoms with E-state index in [1.165, 1.54) is 4.31 Å². The summed E-state index contributed by atoms with van der Waals surface area (Å²) >= 11 is 0. The minimum atomic E-state index is -3.49. The van der Waals surface area contributed by atoms with Crippen LogP contribution in [0.1, 0.15) is 45.6 Å². The SMILES string of the molecule is CCCc1ccc(S(=O)(=O)N2CCCN(C(=O)CC(C)C)CC2)cc1. The van der Waals surface area contributed by atoms with Gasteiger partial charge in [-0.15, -0.1) is 0 Å². The van der Waals surface area contributed by atoms with Gasteiger partial charge in [-0.1, -0.05) is 39.3 Å². The topological polar surface area (TPSA) is 57.7 Å². The van der Waals surface area contributed by atoms with Crippen LogP contribution in [0.5, 0.6) is 0 Å². The summed E-state index contributed by atoms with van der Waals surface area (Å²) in [7, 11) is -3.49. The Morgan fingerprint density at radius 3 is 2.36 bits per heavy atom. The summed E-state index contributed by atoms with van der Waals surface area (Å²) in [5.41, 5.74) is 1.16. The van der Waals surface area contributed by atoms with E-state index in [1.807, 2.05) is 26.0 Å². The molecule has 1 aliphatic rings. The van der Waals surface area contributed by atoms with Crippen LogP contribution in [0, 0.1) is 5.92 Å². The van der Waals surface area contributed by atoms with Crippen molar-refractivity contribution in [3.63, 3.8) is 0 Å². The van der Waals surface area contributed by atoms with Gasteiger partial charge in [0, 0.05) is 32.6 Å². The van der Waals surface area contributed by atoms with Gasteiger partial charge in [-0.05, 0) is 36.5 Å². The van der Waals surface area contributed by atoms with Crippen LogP contribution in [0.25, 0.3) is 0 Å². The fraction of sp³-hybridized carbons (Fsp3) is 0.632. The summed E-state index contributed by atoms with van der Waals surface area (Å²) in [6.07, 6.45) is 3.19. The Balaban J connectivity index is 2.06. The summed E-state index contributed by atoms with van der Waals surface area (Å²) in [6.45, 7) is 8.08. The van der Waals surface area contributed by atoms with Crippen molar-refractivity contribution in [2.24, 2.45) is 5.92 Å². The molecular formula is C19H30N2O3S. The van der Waals surface area contributed by atoms with Crippen molar-refractivity contribution in [2.45, 2.75) is 51.3 Å². The van der Waals surface area contributed by atoms with E-state index < -0.39 is 10.0 Å². The van der Waals surface area contributed by atoms with Crippen LogP contribution in [-0.4, -0.2) is 49.7 Å². The Hall–Kier alpha value is -1.40. The van der Waals surface area contributed by atoms with Gasteiger partial charge in [-0.25, -0.2) is 8.42 Å². The van der Waals surface area contributed by atoms with E-state index in [9.17, 15) is 13.2 Å². The zero-order valence-electron chi connectivity index (χ0n) is 15.6. The maximum atomic E-state index is 12.9. The lowest BCUT2D eigenvalue weighted by Crippen LogP contribution is -2.37. The number of sulfonamides is 1. The molecule has 0 aromatic heterocycles. The summed E-state index contributed by atoms with van der Waals surface area (Å²) in [5, 5.41) is 0. The minimum absolute atomic E-state index is 0.123. The Morgan fingerprint density at radius 1 is 1.08 bits per heavy atom. The van der Waals surface area contributed by atoms with E-state index in [0.717, 1.165) is 18.4 Å². The molecule has 0 N–H and O–H groups in total. The van der Waals surface area contributed by atoms with Crippen LogP contribution < -0.4 is 0 Å². The second kappa shape index (κ2) is 8.81. The molecular weight excluding hydrogens is 336 g/mol. The van der Waals surface area contributed by atoms with Gasteiger partial charge < -0.3 is 4.90 Å². The molecule has 0 bridgehead atoms. The summed E-state index contributed by atoms with van der Waals surface area (Å²) in [4.78, 5) is 14.4. The molecule has 0 atom stereocenters. The van der Waals surface area contributed by atoms with Crippen molar-refractivity contribution in [3.8, 4) is 0 Å². The number of amides is 1. The number of carbonyl (C=O) groups is 1. The van der Waals surface area contributed by atoms with Crippen LogP contribution in [0.3, 0.4) is 0 Å². The van der Waals surface area contributed by atoms with Crippen molar-refractivity contribution in [1.82, 2.24) is 9.21 Å². The van der Waals surface area contributed by atoms with Gasteiger partial charge in [0.2, 0.25) is 15.9 Å². The first-order chi connectivity index (χ1) is 11.8. The molecule has 1 aromatic rings. The van der Waals surface area contributed by atoms with Crippen LogP contribution in [0.4, 0.5) is 0 Å².